The van der Waals surface area contributed by atoms with Crippen molar-refractivity contribution in [1.29, 1.82) is 0 Å². The van der Waals surface area contributed by atoms with Crippen molar-refractivity contribution in [2.45, 2.75) is 25.9 Å². The molecule has 2 atom stereocenters. The number of aromatic nitrogens is 2. The summed E-state index contributed by atoms with van der Waals surface area (Å²) in [5.41, 5.74) is 0.188. The second-order valence-electron chi connectivity index (χ2n) is 5.84. The molecular formula is C16H19N3O3. The summed E-state index contributed by atoms with van der Waals surface area (Å²) in [7, 11) is 0. The SMILES string of the molecule is CC(O)C1CCCN(C(=O)c2n[nH]c3ccccc3c2=O)C1. The first-order valence-electron chi connectivity index (χ1n) is 7.52. The molecule has 1 aromatic carbocycles. The zero-order valence-corrected chi connectivity index (χ0v) is 12.5. The Morgan fingerprint density at radius 1 is 1.45 bits per heavy atom. The number of benzene rings is 1. The molecule has 3 rings (SSSR count). The number of likely N-dealkylation sites (tertiary alicyclic amines) is 1. The van der Waals surface area contributed by atoms with Gasteiger partial charge in [0.15, 0.2) is 5.69 Å². The summed E-state index contributed by atoms with van der Waals surface area (Å²) in [6.45, 7) is 2.79. The van der Waals surface area contributed by atoms with Crippen molar-refractivity contribution in [3.05, 3.63) is 40.2 Å². The van der Waals surface area contributed by atoms with Gasteiger partial charge in [0.25, 0.3) is 5.91 Å². The van der Waals surface area contributed by atoms with Gasteiger partial charge in [-0.05, 0) is 31.9 Å². The lowest BCUT2D eigenvalue weighted by Gasteiger charge is -2.33. The van der Waals surface area contributed by atoms with Gasteiger partial charge in [0.2, 0.25) is 5.43 Å². The Morgan fingerprint density at radius 2 is 2.23 bits per heavy atom. The van der Waals surface area contributed by atoms with Gasteiger partial charge in [-0.25, -0.2) is 0 Å². The highest BCUT2D eigenvalue weighted by molar-refractivity contribution is 5.95. The minimum Gasteiger partial charge on any atom is -0.393 e. The van der Waals surface area contributed by atoms with Crippen LogP contribution in [0.2, 0.25) is 0 Å². The van der Waals surface area contributed by atoms with Crippen LogP contribution >= 0.6 is 0 Å². The molecule has 0 radical (unpaired) electrons. The van der Waals surface area contributed by atoms with Crippen LogP contribution in [0.25, 0.3) is 10.9 Å². The highest BCUT2D eigenvalue weighted by Gasteiger charge is 2.29. The molecule has 6 heteroatoms. The van der Waals surface area contributed by atoms with Crippen LogP contribution in [0.15, 0.2) is 29.1 Å². The molecule has 2 unspecified atom stereocenters. The molecule has 22 heavy (non-hydrogen) atoms. The number of hydrogen-bond donors (Lipinski definition) is 2. The lowest BCUT2D eigenvalue weighted by Crippen LogP contribution is -2.44. The average Bonchev–Trinajstić information content (AvgIpc) is 2.55. The Bertz CT molecular complexity index is 754. The van der Waals surface area contributed by atoms with Crippen LogP contribution < -0.4 is 5.43 Å². The smallest absolute Gasteiger partial charge is 0.278 e. The Hall–Kier alpha value is -2.21. The van der Waals surface area contributed by atoms with E-state index in [2.05, 4.69) is 10.2 Å². The monoisotopic (exact) mass is 301 g/mol. The van der Waals surface area contributed by atoms with E-state index in [1.54, 1.807) is 36.1 Å². The molecule has 0 saturated carbocycles. The van der Waals surface area contributed by atoms with Gasteiger partial charge in [0.1, 0.15) is 0 Å². The number of nitrogens with zero attached hydrogens (tertiary/aromatic N) is 2. The van der Waals surface area contributed by atoms with E-state index in [4.69, 9.17) is 0 Å². The van der Waals surface area contributed by atoms with E-state index in [9.17, 15) is 14.7 Å². The number of aliphatic hydroxyl groups excluding tert-OH is 1. The third-order valence-electron chi connectivity index (χ3n) is 4.30. The minimum absolute atomic E-state index is 0.0530. The standard InChI is InChI=1S/C16H19N3O3/c1-10(20)11-5-4-8-19(9-11)16(22)14-15(21)12-6-2-3-7-13(12)17-18-14/h2-3,6-7,10-11,20H,4-5,8-9H2,1H3,(H,17,21). The van der Waals surface area contributed by atoms with E-state index in [0.717, 1.165) is 12.8 Å². The molecule has 2 heterocycles. The van der Waals surface area contributed by atoms with Crippen molar-refractivity contribution in [2.75, 3.05) is 13.1 Å². The normalized spacial score (nSPS) is 20.1. The molecule has 0 bridgehead atoms. The number of carbonyl (C=O) groups excluding carboxylic acids is 1. The maximum absolute atomic E-state index is 12.6. The van der Waals surface area contributed by atoms with Gasteiger partial charge in [-0.15, -0.1) is 0 Å². The third-order valence-corrected chi connectivity index (χ3v) is 4.30. The molecule has 116 valence electrons. The Morgan fingerprint density at radius 3 is 3.00 bits per heavy atom. The number of aliphatic hydroxyl groups is 1. The minimum atomic E-state index is -0.460. The maximum Gasteiger partial charge on any atom is 0.278 e. The largest absolute Gasteiger partial charge is 0.393 e. The molecule has 2 aromatic rings. The predicted octanol–water partition coefficient (Wildman–Crippen LogP) is 1.16. The summed E-state index contributed by atoms with van der Waals surface area (Å²) in [6.07, 6.45) is 1.26. The van der Waals surface area contributed by atoms with E-state index in [1.165, 1.54) is 0 Å². The van der Waals surface area contributed by atoms with Crippen LogP contribution in [0.4, 0.5) is 0 Å². The maximum atomic E-state index is 12.6. The summed E-state index contributed by atoms with van der Waals surface area (Å²) in [6, 6.07) is 7.00. The van der Waals surface area contributed by atoms with Crippen LogP contribution in [0, 0.1) is 5.92 Å². The quantitative estimate of drug-likeness (QED) is 0.871. The van der Waals surface area contributed by atoms with Crippen molar-refractivity contribution < 1.29 is 9.90 Å². The summed E-state index contributed by atoms with van der Waals surface area (Å²) >= 11 is 0. The summed E-state index contributed by atoms with van der Waals surface area (Å²) in [5.74, 6) is -0.311. The van der Waals surface area contributed by atoms with Gasteiger partial charge >= 0.3 is 0 Å². The van der Waals surface area contributed by atoms with Gasteiger partial charge in [0.05, 0.1) is 11.6 Å². The number of nitrogens with one attached hydrogen (secondary N) is 1. The molecule has 1 aliphatic heterocycles. The van der Waals surface area contributed by atoms with Crippen LogP contribution in [0.5, 0.6) is 0 Å². The van der Waals surface area contributed by atoms with E-state index in [1.807, 2.05) is 0 Å². The number of para-hydroxylation sites is 1. The predicted molar refractivity (Wildman–Crippen MR) is 82.7 cm³/mol. The van der Waals surface area contributed by atoms with Crippen LogP contribution in [-0.2, 0) is 0 Å². The third kappa shape index (κ3) is 2.62. The number of piperidine rings is 1. The number of rotatable bonds is 2. The summed E-state index contributed by atoms with van der Waals surface area (Å²) in [5, 5.41) is 16.9. The zero-order valence-electron chi connectivity index (χ0n) is 12.5. The Labute approximate surface area is 127 Å². The van der Waals surface area contributed by atoms with Gasteiger partial charge in [-0.1, -0.05) is 12.1 Å². The Balaban J connectivity index is 1.92. The van der Waals surface area contributed by atoms with Crippen LogP contribution in [-0.4, -0.2) is 45.3 Å². The molecular weight excluding hydrogens is 282 g/mol. The van der Waals surface area contributed by atoms with Gasteiger partial charge in [0, 0.05) is 24.4 Å². The molecule has 1 fully saturated rings. The van der Waals surface area contributed by atoms with Crippen LogP contribution in [0.1, 0.15) is 30.3 Å². The van der Waals surface area contributed by atoms with Crippen molar-refractivity contribution in [3.63, 3.8) is 0 Å². The highest BCUT2D eigenvalue weighted by Crippen LogP contribution is 2.20. The van der Waals surface area contributed by atoms with E-state index in [-0.39, 0.29) is 22.9 Å². The lowest BCUT2D eigenvalue weighted by molar-refractivity contribution is 0.0460. The molecule has 1 saturated heterocycles. The zero-order chi connectivity index (χ0) is 15.7. The first-order valence-corrected chi connectivity index (χ1v) is 7.52. The fourth-order valence-corrected chi connectivity index (χ4v) is 2.96. The van der Waals surface area contributed by atoms with E-state index < -0.39 is 6.10 Å². The van der Waals surface area contributed by atoms with E-state index >= 15 is 0 Å². The van der Waals surface area contributed by atoms with Gasteiger partial charge < -0.3 is 10.0 Å². The average molecular weight is 301 g/mol. The second kappa shape index (κ2) is 5.88. The second-order valence-corrected chi connectivity index (χ2v) is 5.84. The topological polar surface area (TPSA) is 86.3 Å². The van der Waals surface area contributed by atoms with E-state index in [0.29, 0.717) is 24.0 Å². The number of H-pyrrole nitrogens is 1. The lowest BCUT2D eigenvalue weighted by atomic mass is 9.93. The van der Waals surface area contributed by atoms with Crippen molar-refractivity contribution in [2.24, 2.45) is 5.92 Å². The summed E-state index contributed by atoms with van der Waals surface area (Å²) < 4.78 is 0. The molecule has 0 spiro atoms. The molecule has 6 nitrogen and oxygen atoms in total. The fraction of sp³-hybridized carbons (Fsp3) is 0.438. The summed E-state index contributed by atoms with van der Waals surface area (Å²) in [4.78, 5) is 26.7. The van der Waals surface area contributed by atoms with Crippen molar-refractivity contribution in [3.8, 4) is 0 Å². The van der Waals surface area contributed by atoms with Crippen molar-refractivity contribution in [1.82, 2.24) is 15.1 Å². The molecule has 0 aliphatic carbocycles. The molecule has 1 amide bonds. The van der Waals surface area contributed by atoms with Crippen LogP contribution in [0.3, 0.4) is 0 Å². The number of aromatic amines is 1. The Kier molecular flexibility index (Phi) is 3.94. The molecule has 1 aromatic heterocycles. The van der Waals surface area contributed by atoms with Gasteiger partial charge in [-0.2, -0.15) is 5.10 Å². The van der Waals surface area contributed by atoms with Gasteiger partial charge in [-0.3, -0.25) is 14.7 Å². The highest BCUT2D eigenvalue weighted by atomic mass is 16.3. The molecule has 2 N–H and O–H groups in total. The number of fused-ring (bicyclic) bond motifs is 1. The molecule has 1 aliphatic rings. The fourth-order valence-electron chi connectivity index (χ4n) is 2.96. The van der Waals surface area contributed by atoms with Crippen molar-refractivity contribution >= 4 is 16.8 Å². The first kappa shape index (κ1) is 14.7. The first-order chi connectivity index (χ1) is 10.6. The number of amides is 1. The number of carbonyl (C=O) groups is 1. The number of hydrogen-bond acceptors (Lipinski definition) is 4.